The first-order chi connectivity index (χ1) is 11.0. The lowest BCUT2D eigenvalue weighted by Crippen LogP contribution is -2.31. The van der Waals surface area contributed by atoms with Crippen molar-refractivity contribution in [3.8, 4) is 0 Å². The summed E-state index contributed by atoms with van der Waals surface area (Å²) < 4.78 is 1.49. The van der Waals surface area contributed by atoms with E-state index in [0.29, 0.717) is 17.5 Å². The molecule has 1 aliphatic heterocycles. The average Bonchev–Trinajstić information content (AvgIpc) is 2.89. The van der Waals surface area contributed by atoms with E-state index in [2.05, 4.69) is 25.0 Å². The second-order valence-electron chi connectivity index (χ2n) is 5.52. The molecular weight excluding hydrogens is 300 g/mol. The molecule has 2 aromatic rings. The van der Waals surface area contributed by atoms with Crippen LogP contribution >= 0.6 is 0 Å². The van der Waals surface area contributed by atoms with Crippen molar-refractivity contribution in [1.82, 2.24) is 24.7 Å². The standard InChI is InChI=1S/C13H18N8O2/c1-9-7-11(21(22)23)18-20(9)8-10-15-12(14)17-13(16-10)19-5-3-2-4-6-19/h7H,2-6,8H2,1H3,(H2,14,15,16,17). The van der Waals surface area contributed by atoms with Gasteiger partial charge in [0.2, 0.25) is 11.9 Å². The van der Waals surface area contributed by atoms with Crippen LogP contribution in [0.15, 0.2) is 6.07 Å². The smallest absolute Gasteiger partial charge is 0.368 e. The summed E-state index contributed by atoms with van der Waals surface area (Å²) in [6.07, 6.45) is 3.41. The minimum Gasteiger partial charge on any atom is -0.368 e. The van der Waals surface area contributed by atoms with Gasteiger partial charge in [0.05, 0.1) is 16.9 Å². The molecule has 2 aromatic heterocycles. The zero-order valence-corrected chi connectivity index (χ0v) is 12.8. The van der Waals surface area contributed by atoms with Crippen molar-refractivity contribution in [2.24, 2.45) is 0 Å². The van der Waals surface area contributed by atoms with Gasteiger partial charge in [0.25, 0.3) is 0 Å². The highest BCUT2D eigenvalue weighted by Gasteiger charge is 2.19. The number of piperidine rings is 1. The second-order valence-corrected chi connectivity index (χ2v) is 5.52. The summed E-state index contributed by atoms with van der Waals surface area (Å²) in [6, 6.07) is 1.41. The molecule has 2 N–H and O–H groups in total. The predicted molar refractivity (Wildman–Crippen MR) is 83.0 cm³/mol. The Balaban J connectivity index is 1.85. The van der Waals surface area contributed by atoms with Gasteiger partial charge in [-0.05, 0) is 31.1 Å². The number of nitrogens with zero attached hydrogens (tertiary/aromatic N) is 7. The number of anilines is 2. The van der Waals surface area contributed by atoms with Crippen molar-refractivity contribution < 1.29 is 4.92 Å². The molecule has 0 bridgehead atoms. The van der Waals surface area contributed by atoms with Gasteiger partial charge in [-0.3, -0.25) is 0 Å². The Labute approximate surface area is 132 Å². The zero-order valence-electron chi connectivity index (χ0n) is 12.8. The summed E-state index contributed by atoms with van der Waals surface area (Å²) in [5.41, 5.74) is 6.45. The molecule has 3 heterocycles. The number of nitrogen functional groups attached to an aromatic ring is 1. The van der Waals surface area contributed by atoms with Gasteiger partial charge >= 0.3 is 5.82 Å². The van der Waals surface area contributed by atoms with Crippen LogP contribution in [-0.2, 0) is 6.54 Å². The summed E-state index contributed by atoms with van der Waals surface area (Å²) in [4.78, 5) is 25.1. The third-order valence-corrected chi connectivity index (χ3v) is 3.77. The molecule has 3 rings (SSSR count). The third-order valence-electron chi connectivity index (χ3n) is 3.77. The first-order valence-electron chi connectivity index (χ1n) is 7.47. The normalized spacial score (nSPS) is 14.9. The zero-order chi connectivity index (χ0) is 16.4. The molecular formula is C13H18N8O2. The van der Waals surface area contributed by atoms with Crippen LogP contribution in [0.2, 0.25) is 0 Å². The van der Waals surface area contributed by atoms with Crippen LogP contribution in [0, 0.1) is 17.0 Å². The number of aryl methyl sites for hydroxylation is 1. The van der Waals surface area contributed by atoms with E-state index in [1.807, 2.05) is 0 Å². The van der Waals surface area contributed by atoms with Crippen LogP contribution in [0.1, 0.15) is 30.8 Å². The number of rotatable bonds is 4. The summed E-state index contributed by atoms with van der Waals surface area (Å²) in [5.74, 6) is 0.960. The largest absolute Gasteiger partial charge is 0.390 e. The van der Waals surface area contributed by atoms with Crippen molar-refractivity contribution in [1.29, 1.82) is 0 Å². The monoisotopic (exact) mass is 318 g/mol. The van der Waals surface area contributed by atoms with Gasteiger partial charge in [0.1, 0.15) is 6.54 Å². The maximum atomic E-state index is 10.8. The molecule has 23 heavy (non-hydrogen) atoms. The molecule has 10 heteroatoms. The molecule has 0 unspecified atom stereocenters. The Bertz CT molecular complexity index is 723. The Morgan fingerprint density at radius 1 is 1.26 bits per heavy atom. The molecule has 0 amide bonds. The molecule has 0 aliphatic carbocycles. The lowest BCUT2D eigenvalue weighted by atomic mass is 10.1. The van der Waals surface area contributed by atoms with Gasteiger partial charge < -0.3 is 20.7 Å². The van der Waals surface area contributed by atoms with Crippen LogP contribution in [0.25, 0.3) is 0 Å². The summed E-state index contributed by atoms with van der Waals surface area (Å²) in [6.45, 7) is 3.76. The van der Waals surface area contributed by atoms with Gasteiger partial charge in [-0.15, -0.1) is 0 Å². The molecule has 10 nitrogen and oxygen atoms in total. The van der Waals surface area contributed by atoms with E-state index in [4.69, 9.17) is 5.73 Å². The number of aromatic nitrogens is 5. The highest BCUT2D eigenvalue weighted by molar-refractivity contribution is 5.35. The summed E-state index contributed by atoms with van der Waals surface area (Å²) in [7, 11) is 0. The Morgan fingerprint density at radius 3 is 2.65 bits per heavy atom. The first-order valence-corrected chi connectivity index (χ1v) is 7.47. The van der Waals surface area contributed by atoms with Crippen molar-refractivity contribution in [2.45, 2.75) is 32.7 Å². The van der Waals surface area contributed by atoms with Crippen LogP contribution in [-0.4, -0.2) is 42.7 Å². The number of nitro groups is 1. The van der Waals surface area contributed by atoms with Crippen LogP contribution in [0.3, 0.4) is 0 Å². The SMILES string of the molecule is Cc1cc([N+](=O)[O-])nn1Cc1nc(N)nc(N2CCCCC2)n1. The van der Waals surface area contributed by atoms with Crippen molar-refractivity contribution in [3.05, 3.63) is 27.7 Å². The minimum absolute atomic E-state index is 0.148. The number of hydrogen-bond acceptors (Lipinski definition) is 8. The summed E-state index contributed by atoms with van der Waals surface area (Å²) in [5, 5.41) is 14.7. The van der Waals surface area contributed by atoms with E-state index >= 15 is 0 Å². The molecule has 1 fully saturated rings. The summed E-state index contributed by atoms with van der Waals surface area (Å²) >= 11 is 0. The molecule has 122 valence electrons. The van der Waals surface area contributed by atoms with E-state index in [1.165, 1.54) is 17.2 Å². The quantitative estimate of drug-likeness (QED) is 0.650. The minimum atomic E-state index is -0.523. The van der Waals surface area contributed by atoms with Gasteiger partial charge in [-0.2, -0.15) is 19.6 Å². The maximum absolute atomic E-state index is 10.8. The predicted octanol–water partition coefficient (Wildman–Crippen LogP) is 0.906. The highest BCUT2D eigenvalue weighted by Crippen LogP contribution is 2.17. The molecule has 0 radical (unpaired) electrons. The van der Waals surface area contributed by atoms with E-state index in [0.717, 1.165) is 25.9 Å². The fourth-order valence-electron chi connectivity index (χ4n) is 2.61. The molecule has 1 saturated heterocycles. The van der Waals surface area contributed by atoms with Crippen LogP contribution in [0.5, 0.6) is 0 Å². The Hall–Kier alpha value is -2.78. The van der Waals surface area contributed by atoms with E-state index in [9.17, 15) is 10.1 Å². The van der Waals surface area contributed by atoms with E-state index in [1.54, 1.807) is 6.92 Å². The fourth-order valence-corrected chi connectivity index (χ4v) is 2.61. The lowest BCUT2D eigenvalue weighted by Gasteiger charge is -2.26. The molecule has 0 aromatic carbocycles. The molecule has 0 spiro atoms. The van der Waals surface area contributed by atoms with Gasteiger partial charge in [-0.1, -0.05) is 0 Å². The topological polar surface area (TPSA) is 129 Å². The Morgan fingerprint density at radius 2 is 2.00 bits per heavy atom. The van der Waals surface area contributed by atoms with Gasteiger partial charge in [0, 0.05) is 13.1 Å². The van der Waals surface area contributed by atoms with Crippen LogP contribution < -0.4 is 10.6 Å². The number of nitrogens with two attached hydrogens (primary N) is 1. The van der Waals surface area contributed by atoms with Crippen molar-refractivity contribution >= 4 is 17.7 Å². The number of hydrogen-bond donors (Lipinski definition) is 1. The van der Waals surface area contributed by atoms with Gasteiger partial charge in [-0.25, -0.2) is 0 Å². The van der Waals surface area contributed by atoms with Crippen LogP contribution in [0.4, 0.5) is 17.7 Å². The van der Waals surface area contributed by atoms with Gasteiger partial charge in [0.15, 0.2) is 5.82 Å². The highest BCUT2D eigenvalue weighted by atomic mass is 16.6. The fraction of sp³-hybridized carbons (Fsp3) is 0.538. The van der Waals surface area contributed by atoms with E-state index < -0.39 is 4.92 Å². The molecule has 1 aliphatic rings. The van der Waals surface area contributed by atoms with Crippen molar-refractivity contribution in [2.75, 3.05) is 23.7 Å². The molecule has 0 atom stereocenters. The first kappa shape index (κ1) is 15.1. The molecule has 0 saturated carbocycles. The van der Waals surface area contributed by atoms with Crippen molar-refractivity contribution in [3.63, 3.8) is 0 Å². The third kappa shape index (κ3) is 3.35. The average molecular weight is 318 g/mol. The van der Waals surface area contributed by atoms with E-state index in [-0.39, 0.29) is 18.3 Å². The maximum Gasteiger partial charge on any atom is 0.390 e. The Kier molecular flexibility index (Phi) is 4.04. The lowest BCUT2D eigenvalue weighted by molar-refractivity contribution is -0.389. The second kappa shape index (κ2) is 6.15.